The van der Waals surface area contributed by atoms with Crippen LogP contribution in [0.15, 0.2) is 47.9 Å². The third-order valence-electron chi connectivity index (χ3n) is 3.61. The average Bonchev–Trinajstić information content (AvgIpc) is 3.16. The quantitative estimate of drug-likeness (QED) is 0.690. The molecule has 0 fully saturated rings. The number of hydrogen-bond donors (Lipinski definition) is 0. The van der Waals surface area contributed by atoms with Crippen LogP contribution in [-0.4, -0.2) is 37.8 Å². The van der Waals surface area contributed by atoms with Crippen molar-refractivity contribution in [3.63, 3.8) is 0 Å². The summed E-state index contributed by atoms with van der Waals surface area (Å²) in [5.74, 6) is 0.955. The Morgan fingerprint density at radius 2 is 2.18 bits per heavy atom. The maximum absolute atomic E-state index is 12.4. The van der Waals surface area contributed by atoms with E-state index >= 15 is 0 Å². The van der Waals surface area contributed by atoms with E-state index in [-0.39, 0.29) is 5.91 Å². The van der Waals surface area contributed by atoms with Crippen LogP contribution in [0.4, 0.5) is 5.69 Å². The first-order chi connectivity index (χ1) is 10.8. The monoisotopic (exact) mass is 311 g/mol. The molecular weight excluding hydrogens is 298 g/mol. The first-order valence-corrected chi connectivity index (χ1v) is 7.98. The largest absolute Gasteiger partial charge is 0.311 e. The Bertz CT molecular complexity index is 814. The van der Waals surface area contributed by atoms with Gasteiger partial charge in [0, 0.05) is 24.6 Å². The van der Waals surface area contributed by atoms with E-state index < -0.39 is 0 Å². The molecule has 1 aromatic carbocycles. The molecule has 4 rings (SSSR count). The van der Waals surface area contributed by atoms with Crippen molar-refractivity contribution in [2.45, 2.75) is 11.6 Å². The zero-order valence-electron chi connectivity index (χ0n) is 11.7. The van der Waals surface area contributed by atoms with Gasteiger partial charge in [0.15, 0.2) is 0 Å². The van der Waals surface area contributed by atoms with Gasteiger partial charge in [0.1, 0.15) is 0 Å². The Labute approximate surface area is 131 Å². The predicted molar refractivity (Wildman–Crippen MR) is 84.0 cm³/mol. The minimum Gasteiger partial charge on any atom is -0.311 e. The van der Waals surface area contributed by atoms with Crippen molar-refractivity contribution in [3.8, 4) is 0 Å². The Kier molecular flexibility index (Phi) is 3.27. The number of para-hydroxylation sites is 1. The van der Waals surface area contributed by atoms with Gasteiger partial charge >= 0.3 is 0 Å². The van der Waals surface area contributed by atoms with Crippen LogP contribution in [0.5, 0.6) is 0 Å². The molecule has 1 aliphatic heterocycles. The van der Waals surface area contributed by atoms with E-state index in [0.29, 0.717) is 16.7 Å². The van der Waals surface area contributed by atoms with Crippen LogP contribution < -0.4 is 4.90 Å². The molecule has 6 nitrogen and oxygen atoms in total. The van der Waals surface area contributed by atoms with Crippen molar-refractivity contribution in [1.82, 2.24) is 19.6 Å². The molecule has 22 heavy (non-hydrogen) atoms. The van der Waals surface area contributed by atoms with Crippen LogP contribution in [0.2, 0.25) is 0 Å². The predicted octanol–water partition coefficient (Wildman–Crippen LogP) is 1.81. The van der Waals surface area contributed by atoms with E-state index in [2.05, 4.69) is 21.1 Å². The van der Waals surface area contributed by atoms with Gasteiger partial charge in [-0.15, -0.1) is 5.10 Å². The second-order valence-corrected chi connectivity index (χ2v) is 5.91. The van der Waals surface area contributed by atoms with Crippen LogP contribution in [0.25, 0.3) is 5.78 Å². The maximum atomic E-state index is 12.4. The number of benzene rings is 1. The Morgan fingerprint density at radius 3 is 3.09 bits per heavy atom. The summed E-state index contributed by atoms with van der Waals surface area (Å²) >= 11 is 1.34. The fraction of sp³-hybridized carbons (Fsp3) is 0.200. The highest BCUT2D eigenvalue weighted by Gasteiger charge is 2.24. The molecule has 0 N–H and O–H groups in total. The van der Waals surface area contributed by atoms with Crippen LogP contribution >= 0.6 is 11.8 Å². The fourth-order valence-electron chi connectivity index (χ4n) is 2.58. The zero-order chi connectivity index (χ0) is 14.9. The summed E-state index contributed by atoms with van der Waals surface area (Å²) in [7, 11) is 0. The molecule has 0 bridgehead atoms. The third-order valence-corrected chi connectivity index (χ3v) is 4.43. The SMILES string of the molecule is O=C(CSc1nc2ncccn2n1)N1CCc2ccccc21. The molecule has 0 spiro atoms. The lowest BCUT2D eigenvalue weighted by atomic mass is 10.2. The van der Waals surface area contributed by atoms with Gasteiger partial charge in [-0.05, 0) is 24.1 Å². The van der Waals surface area contributed by atoms with Crippen LogP contribution in [-0.2, 0) is 11.2 Å². The van der Waals surface area contributed by atoms with Crippen molar-refractivity contribution < 1.29 is 4.79 Å². The topological polar surface area (TPSA) is 63.4 Å². The second kappa shape index (κ2) is 5.42. The molecule has 1 aliphatic rings. The Morgan fingerprint density at radius 1 is 1.27 bits per heavy atom. The molecule has 0 saturated carbocycles. The summed E-state index contributed by atoms with van der Waals surface area (Å²) in [4.78, 5) is 22.7. The van der Waals surface area contributed by atoms with Gasteiger partial charge in [0.2, 0.25) is 11.1 Å². The van der Waals surface area contributed by atoms with E-state index in [1.807, 2.05) is 23.1 Å². The van der Waals surface area contributed by atoms with Gasteiger partial charge < -0.3 is 4.90 Å². The smallest absolute Gasteiger partial charge is 0.253 e. The molecule has 3 aromatic rings. The number of carbonyl (C=O) groups is 1. The van der Waals surface area contributed by atoms with Crippen LogP contribution in [0, 0.1) is 0 Å². The molecule has 1 amide bonds. The lowest BCUT2D eigenvalue weighted by Gasteiger charge is -2.16. The minimum atomic E-state index is 0.0850. The van der Waals surface area contributed by atoms with Crippen molar-refractivity contribution in [2.24, 2.45) is 0 Å². The molecule has 0 radical (unpaired) electrons. The van der Waals surface area contributed by atoms with Gasteiger partial charge in [0.05, 0.1) is 5.75 Å². The van der Waals surface area contributed by atoms with E-state index in [1.54, 1.807) is 23.0 Å². The van der Waals surface area contributed by atoms with Gasteiger partial charge in [-0.25, -0.2) is 9.50 Å². The number of rotatable bonds is 3. The molecule has 0 saturated heterocycles. The number of hydrogen-bond acceptors (Lipinski definition) is 5. The highest BCUT2D eigenvalue weighted by molar-refractivity contribution is 7.99. The highest BCUT2D eigenvalue weighted by atomic mass is 32.2. The zero-order valence-corrected chi connectivity index (χ0v) is 12.5. The molecule has 2 aromatic heterocycles. The second-order valence-electron chi connectivity index (χ2n) is 4.97. The molecule has 3 heterocycles. The number of fused-ring (bicyclic) bond motifs is 2. The summed E-state index contributed by atoms with van der Waals surface area (Å²) in [5, 5.41) is 4.86. The molecule has 7 heteroatoms. The van der Waals surface area contributed by atoms with Crippen molar-refractivity contribution >= 4 is 29.1 Å². The normalized spacial score (nSPS) is 13.5. The van der Waals surface area contributed by atoms with Crippen LogP contribution in [0.1, 0.15) is 5.56 Å². The number of nitrogens with zero attached hydrogens (tertiary/aromatic N) is 5. The van der Waals surface area contributed by atoms with Gasteiger partial charge in [-0.1, -0.05) is 30.0 Å². The highest BCUT2D eigenvalue weighted by Crippen LogP contribution is 2.28. The number of carbonyl (C=O) groups excluding carboxylic acids is 1. The van der Waals surface area contributed by atoms with E-state index in [1.165, 1.54) is 17.3 Å². The van der Waals surface area contributed by atoms with E-state index in [0.717, 1.165) is 18.7 Å². The summed E-state index contributed by atoms with van der Waals surface area (Å²) < 4.78 is 1.61. The number of thioether (sulfide) groups is 1. The summed E-state index contributed by atoms with van der Waals surface area (Å²) in [6.45, 7) is 0.749. The molecule has 0 unspecified atom stereocenters. The van der Waals surface area contributed by atoms with Gasteiger partial charge in [0.25, 0.3) is 5.78 Å². The van der Waals surface area contributed by atoms with Crippen molar-refractivity contribution in [3.05, 3.63) is 48.3 Å². The molecule has 0 aliphatic carbocycles. The van der Waals surface area contributed by atoms with E-state index in [4.69, 9.17) is 0 Å². The Hall–Kier alpha value is -2.41. The van der Waals surface area contributed by atoms with Gasteiger partial charge in [-0.2, -0.15) is 4.98 Å². The van der Waals surface area contributed by atoms with Gasteiger partial charge in [-0.3, -0.25) is 4.79 Å². The number of amides is 1. The van der Waals surface area contributed by atoms with Crippen molar-refractivity contribution in [1.29, 1.82) is 0 Å². The molecular formula is C15H13N5OS. The molecule has 0 atom stereocenters. The van der Waals surface area contributed by atoms with Crippen molar-refractivity contribution in [2.75, 3.05) is 17.2 Å². The lowest BCUT2D eigenvalue weighted by Crippen LogP contribution is -2.30. The molecule has 110 valence electrons. The standard InChI is InChI=1S/C15H13N5OS/c21-13(19-9-6-11-4-1-2-5-12(11)19)10-22-15-17-14-16-7-3-8-20(14)18-15/h1-5,7-8H,6,9-10H2. The average molecular weight is 311 g/mol. The number of anilines is 1. The first kappa shape index (κ1) is 13.3. The Balaban J connectivity index is 1.47. The fourth-order valence-corrected chi connectivity index (χ4v) is 3.28. The summed E-state index contributed by atoms with van der Waals surface area (Å²) in [5.41, 5.74) is 2.26. The first-order valence-electron chi connectivity index (χ1n) is 7.00. The number of aromatic nitrogens is 4. The summed E-state index contributed by atoms with van der Waals surface area (Å²) in [6.07, 6.45) is 4.38. The third kappa shape index (κ3) is 2.33. The van der Waals surface area contributed by atoms with Crippen LogP contribution in [0.3, 0.4) is 0 Å². The maximum Gasteiger partial charge on any atom is 0.253 e. The van der Waals surface area contributed by atoms with E-state index in [9.17, 15) is 4.79 Å². The lowest BCUT2D eigenvalue weighted by molar-refractivity contribution is -0.116. The summed E-state index contributed by atoms with van der Waals surface area (Å²) in [6, 6.07) is 9.84. The minimum absolute atomic E-state index is 0.0850.